The number of hydrogen-bond donors (Lipinski definition) is 1. The summed E-state index contributed by atoms with van der Waals surface area (Å²) in [5.74, 6) is 0.715. The van der Waals surface area contributed by atoms with Crippen LogP contribution in [0, 0.1) is 0 Å². The maximum Gasteiger partial charge on any atom is 0.125 e. The lowest BCUT2D eigenvalue weighted by atomic mass is 10.1. The lowest BCUT2D eigenvalue weighted by Crippen LogP contribution is -2.08. The van der Waals surface area contributed by atoms with Gasteiger partial charge in [0.2, 0.25) is 0 Å². The topological polar surface area (TPSA) is 38.7 Å². The fourth-order valence-electron chi connectivity index (χ4n) is 2.34. The van der Waals surface area contributed by atoms with Crippen LogP contribution in [0.4, 0.5) is 0 Å². The molecule has 0 radical (unpaired) electrons. The molecule has 1 aromatic rings. The molecule has 19 heavy (non-hydrogen) atoms. The van der Waals surface area contributed by atoms with E-state index in [-0.39, 0.29) is 0 Å². The van der Waals surface area contributed by atoms with E-state index >= 15 is 0 Å². The first-order valence-corrected chi connectivity index (χ1v) is 7.26. The monoisotopic (exact) mass is 284 g/mol. The van der Waals surface area contributed by atoms with E-state index in [1.165, 1.54) is 12.8 Å². The molecule has 0 spiro atoms. The molecule has 0 saturated carbocycles. The number of benzene rings is 1. The first kappa shape index (κ1) is 14.6. The molecule has 1 N–H and O–H groups in total. The van der Waals surface area contributed by atoms with Crippen molar-refractivity contribution in [1.82, 2.24) is 0 Å². The molecule has 1 aliphatic heterocycles. The molecule has 0 bridgehead atoms. The van der Waals surface area contributed by atoms with E-state index < -0.39 is 6.10 Å². The maximum atomic E-state index is 9.70. The predicted octanol–water partition coefficient (Wildman–Crippen LogP) is 3.73. The highest BCUT2D eigenvalue weighted by molar-refractivity contribution is 6.30. The van der Waals surface area contributed by atoms with Crippen LogP contribution < -0.4 is 4.74 Å². The molecule has 1 heterocycles. The normalized spacial score (nSPS) is 20.5. The number of rotatable bonds is 6. The molecule has 106 valence electrons. The van der Waals surface area contributed by atoms with Crippen LogP contribution >= 0.6 is 11.6 Å². The second-order valence-electron chi connectivity index (χ2n) is 4.98. The van der Waals surface area contributed by atoms with Gasteiger partial charge in [-0.15, -0.1) is 0 Å². The fraction of sp³-hybridized carbons (Fsp3) is 0.600. The summed E-state index contributed by atoms with van der Waals surface area (Å²) >= 11 is 5.93. The Morgan fingerprint density at radius 1 is 1.53 bits per heavy atom. The third kappa shape index (κ3) is 4.37. The minimum atomic E-state index is -0.577. The molecule has 1 aliphatic rings. The summed E-state index contributed by atoms with van der Waals surface area (Å²) in [6.07, 6.45) is 4.18. The van der Waals surface area contributed by atoms with Crippen LogP contribution in [0.1, 0.15) is 44.3 Å². The van der Waals surface area contributed by atoms with Gasteiger partial charge in [-0.05, 0) is 50.8 Å². The Bertz CT molecular complexity index is 400. The van der Waals surface area contributed by atoms with Crippen molar-refractivity contribution in [2.24, 2.45) is 0 Å². The summed E-state index contributed by atoms with van der Waals surface area (Å²) in [7, 11) is 0. The Hall–Kier alpha value is -0.770. The Labute approximate surface area is 119 Å². The molecule has 1 fully saturated rings. The van der Waals surface area contributed by atoms with Gasteiger partial charge < -0.3 is 14.6 Å². The molecular weight excluding hydrogens is 264 g/mol. The fourth-order valence-corrected chi connectivity index (χ4v) is 2.52. The zero-order valence-electron chi connectivity index (χ0n) is 11.3. The average Bonchev–Trinajstić information content (AvgIpc) is 2.89. The van der Waals surface area contributed by atoms with Crippen LogP contribution in [0.2, 0.25) is 5.02 Å². The van der Waals surface area contributed by atoms with Gasteiger partial charge >= 0.3 is 0 Å². The highest BCUT2D eigenvalue weighted by Crippen LogP contribution is 2.28. The van der Waals surface area contributed by atoms with Crippen LogP contribution in [0.15, 0.2) is 18.2 Å². The van der Waals surface area contributed by atoms with Gasteiger partial charge in [0.1, 0.15) is 5.75 Å². The van der Waals surface area contributed by atoms with Crippen molar-refractivity contribution >= 4 is 11.6 Å². The van der Waals surface area contributed by atoms with Crippen molar-refractivity contribution in [3.8, 4) is 5.75 Å². The standard InChI is InChI=1S/C15H21ClO3/c1-11(17)14-10-12(16)6-7-15(14)19-9-3-5-13-4-2-8-18-13/h6-7,10-11,13,17H,2-5,8-9H2,1H3/t11-,13?/m1/s1. The molecule has 0 amide bonds. The minimum Gasteiger partial charge on any atom is -0.493 e. The predicted molar refractivity (Wildman–Crippen MR) is 75.8 cm³/mol. The first-order chi connectivity index (χ1) is 9.16. The Balaban J connectivity index is 1.81. The van der Waals surface area contributed by atoms with Crippen molar-refractivity contribution < 1.29 is 14.6 Å². The van der Waals surface area contributed by atoms with Crippen molar-refractivity contribution in [1.29, 1.82) is 0 Å². The Morgan fingerprint density at radius 2 is 2.37 bits per heavy atom. The van der Waals surface area contributed by atoms with Gasteiger partial charge in [-0.2, -0.15) is 0 Å². The lowest BCUT2D eigenvalue weighted by Gasteiger charge is -2.14. The summed E-state index contributed by atoms with van der Waals surface area (Å²) in [5, 5.41) is 10.3. The van der Waals surface area contributed by atoms with Crippen LogP contribution in [-0.4, -0.2) is 24.4 Å². The smallest absolute Gasteiger partial charge is 0.125 e. The maximum absolute atomic E-state index is 9.70. The van der Waals surface area contributed by atoms with E-state index in [0.29, 0.717) is 23.5 Å². The van der Waals surface area contributed by atoms with Crippen LogP contribution in [0.3, 0.4) is 0 Å². The van der Waals surface area contributed by atoms with Crippen molar-refractivity contribution in [3.05, 3.63) is 28.8 Å². The van der Waals surface area contributed by atoms with Crippen molar-refractivity contribution in [2.75, 3.05) is 13.2 Å². The van der Waals surface area contributed by atoms with Crippen LogP contribution in [-0.2, 0) is 4.74 Å². The van der Waals surface area contributed by atoms with Crippen molar-refractivity contribution in [2.45, 2.75) is 44.8 Å². The summed E-state index contributed by atoms with van der Waals surface area (Å²) in [6, 6.07) is 5.35. The number of halogens is 1. The SMILES string of the molecule is C[C@@H](O)c1cc(Cl)ccc1OCCCC1CCCO1. The molecule has 2 atom stereocenters. The Morgan fingerprint density at radius 3 is 3.05 bits per heavy atom. The largest absolute Gasteiger partial charge is 0.493 e. The molecule has 2 rings (SSSR count). The quantitative estimate of drug-likeness (QED) is 0.809. The molecule has 1 saturated heterocycles. The first-order valence-electron chi connectivity index (χ1n) is 6.88. The van der Waals surface area contributed by atoms with E-state index in [4.69, 9.17) is 21.1 Å². The number of aliphatic hydroxyl groups is 1. The zero-order chi connectivity index (χ0) is 13.7. The molecule has 1 unspecified atom stereocenters. The van der Waals surface area contributed by atoms with Gasteiger partial charge in [0.15, 0.2) is 0 Å². The van der Waals surface area contributed by atoms with E-state index in [0.717, 1.165) is 25.0 Å². The van der Waals surface area contributed by atoms with Gasteiger partial charge in [0, 0.05) is 17.2 Å². The second kappa shape index (κ2) is 7.13. The second-order valence-corrected chi connectivity index (χ2v) is 5.42. The third-order valence-corrected chi connectivity index (χ3v) is 3.61. The van der Waals surface area contributed by atoms with Gasteiger partial charge in [-0.25, -0.2) is 0 Å². The van der Waals surface area contributed by atoms with Gasteiger partial charge in [0.25, 0.3) is 0 Å². The number of aliphatic hydroxyl groups excluding tert-OH is 1. The molecule has 0 aromatic heterocycles. The van der Waals surface area contributed by atoms with E-state index in [1.807, 2.05) is 6.07 Å². The Kier molecular flexibility index (Phi) is 5.49. The van der Waals surface area contributed by atoms with E-state index in [9.17, 15) is 5.11 Å². The lowest BCUT2D eigenvalue weighted by molar-refractivity contribution is 0.0978. The van der Waals surface area contributed by atoms with E-state index in [2.05, 4.69) is 0 Å². The zero-order valence-corrected chi connectivity index (χ0v) is 12.0. The number of hydrogen-bond acceptors (Lipinski definition) is 3. The highest BCUT2D eigenvalue weighted by Gasteiger charge is 2.15. The molecule has 3 nitrogen and oxygen atoms in total. The van der Waals surface area contributed by atoms with Crippen molar-refractivity contribution in [3.63, 3.8) is 0 Å². The van der Waals surface area contributed by atoms with Crippen LogP contribution in [0.25, 0.3) is 0 Å². The number of ether oxygens (including phenoxy) is 2. The molecule has 1 aromatic carbocycles. The summed E-state index contributed by atoms with van der Waals surface area (Å²) in [4.78, 5) is 0. The van der Waals surface area contributed by atoms with E-state index in [1.54, 1.807) is 19.1 Å². The summed E-state index contributed by atoms with van der Waals surface area (Å²) < 4.78 is 11.3. The highest BCUT2D eigenvalue weighted by atomic mass is 35.5. The van der Waals surface area contributed by atoms with Gasteiger partial charge in [0.05, 0.1) is 18.8 Å². The molecule has 4 heteroatoms. The third-order valence-electron chi connectivity index (χ3n) is 3.37. The van der Waals surface area contributed by atoms with Gasteiger partial charge in [-0.1, -0.05) is 11.6 Å². The molecule has 0 aliphatic carbocycles. The van der Waals surface area contributed by atoms with Gasteiger partial charge in [-0.3, -0.25) is 0 Å². The van der Waals surface area contributed by atoms with Crippen LogP contribution in [0.5, 0.6) is 5.75 Å². The average molecular weight is 285 g/mol. The summed E-state index contributed by atoms with van der Waals surface area (Å²) in [6.45, 7) is 3.25. The molecular formula is C15H21ClO3. The summed E-state index contributed by atoms with van der Waals surface area (Å²) in [5.41, 5.74) is 0.740. The minimum absolute atomic E-state index is 0.407.